The van der Waals surface area contributed by atoms with E-state index in [4.69, 9.17) is 4.74 Å². The standard InChI is InChI=1S/C17H18N2O2/c1-12-7-6-8-14(11-12)13(2)18-19-17(20)15-9-4-5-10-16(15)21-3/h4-11H,1-3H3,(H,19,20)/b18-13+. The summed E-state index contributed by atoms with van der Waals surface area (Å²) in [4.78, 5) is 12.1. The van der Waals surface area contributed by atoms with Crippen molar-refractivity contribution < 1.29 is 9.53 Å². The SMILES string of the molecule is COc1ccccc1C(=O)N/N=C(\C)c1cccc(C)c1. The van der Waals surface area contributed by atoms with Gasteiger partial charge in [0, 0.05) is 0 Å². The van der Waals surface area contributed by atoms with E-state index in [2.05, 4.69) is 10.5 Å². The summed E-state index contributed by atoms with van der Waals surface area (Å²) in [5.74, 6) is 0.234. The third kappa shape index (κ3) is 3.69. The average molecular weight is 282 g/mol. The van der Waals surface area contributed by atoms with Gasteiger partial charge in [-0.1, -0.05) is 42.0 Å². The zero-order valence-corrected chi connectivity index (χ0v) is 12.4. The maximum absolute atomic E-state index is 12.1. The Kier molecular flexibility index (Phi) is 4.72. The Morgan fingerprint density at radius 2 is 1.90 bits per heavy atom. The van der Waals surface area contributed by atoms with E-state index in [1.165, 1.54) is 7.11 Å². The number of para-hydroxylation sites is 1. The van der Waals surface area contributed by atoms with E-state index in [1.54, 1.807) is 18.2 Å². The van der Waals surface area contributed by atoms with Crippen LogP contribution >= 0.6 is 0 Å². The van der Waals surface area contributed by atoms with E-state index >= 15 is 0 Å². The fraction of sp³-hybridized carbons (Fsp3) is 0.176. The van der Waals surface area contributed by atoms with Crippen molar-refractivity contribution in [1.29, 1.82) is 0 Å². The molecule has 0 aromatic heterocycles. The molecule has 0 unspecified atom stereocenters. The van der Waals surface area contributed by atoms with Crippen molar-refractivity contribution in [2.75, 3.05) is 7.11 Å². The van der Waals surface area contributed by atoms with Crippen molar-refractivity contribution in [1.82, 2.24) is 5.43 Å². The van der Waals surface area contributed by atoms with Crippen molar-refractivity contribution in [2.24, 2.45) is 5.10 Å². The Labute approximate surface area is 124 Å². The summed E-state index contributed by atoms with van der Waals surface area (Å²) in [6.45, 7) is 3.88. The monoisotopic (exact) mass is 282 g/mol. The molecule has 0 fully saturated rings. The van der Waals surface area contributed by atoms with Crippen LogP contribution < -0.4 is 10.2 Å². The van der Waals surface area contributed by atoms with Crippen LogP contribution in [0.5, 0.6) is 5.75 Å². The summed E-state index contributed by atoms with van der Waals surface area (Å²) >= 11 is 0. The summed E-state index contributed by atoms with van der Waals surface area (Å²) in [6.07, 6.45) is 0. The van der Waals surface area contributed by atoms with Gasteiger partial charge in [-0.15, -0.1) is 0 Å². The van der Waals surface area contributed by atoms with Gasteiger partial charge in [-0.3, -0.25) is 4.79 Å². The molecule has 0 radical (unpaired) electrons. The van der Waals surface area contributed by atoms with E-state index in [-0.39, 0.29) is 5.91 Å². The van der Waals surface area contributed by atoms with E-state index in [0.29, 0.717) is 11.3 Å². The Morgan fingerprint density at radius 3 is 2.62 bits per heavy atom. The van der Waals surface area contributed by atoms with Crippen LogP contribution in [0.1, 0.15) is 28.4 Å². The van der Waals surface area contributed by atoms with Gasteiger partial charge in [-0.05, 0) is 31.5 Å². The highest BCUT2D eigenvalue weighted by atomic mass is 16.5. The second-order valence-electron chi connectivity index (χ2n) is 4.71. The molecule has 0 atom stereocenters. The number of nitrogens with zero attached hydrogens (tertiary/aromatic N) is 1. The first-order valence-electron chi connectivity index (χ1n) is 6.66. The highest BCUT2D eigenvalue weighted by Crippen LogP contribution is 2.16. The first-order chi connectivity index (χ1) is 10.1. The third-order valence-electron chi connectivity index (χ3n) is 3.11. The predicted octanol–water partition coefficient (Wildman–Crippen LogP) is 3.16. The smallest absolute Gasteiger partial charge is 0.275 e. The summed E-state index contributed by atoms with van der Waals surface area (Å²) in [7, 11) is 1.54. The van der Waals surface area contributed by atoms with Gasteiger partial charge in [0.2, 0.25) is 0 Å². The van der Waals surface area contributed by atoms with Crippen molar-refractivity contribution in [3.8, 4) is 5.75 Å². The summed E-state index contributed by atoms with van der Waals surface area (Å²) in [5.41, 5.74) is 5.90. The van der Waals surface area contributed by atoms with Gasteiger partial charge in [0.15, 0.2) is 0 Å². The number of benzene rings is 2. The number of rotatable bonds is 4. The summed E-state index contributed by atoms with van der Waals surface area (Å²) in [6, 6.07) is 15.0. The normalized spacial score (nSPS) is 11.1. The lowest BCUT2D eigenvalue weighted by atomic mass is 10.1. The molecule has 0 bridgehead atoms. The van der Waals surface area contributed by atoms with Crippen molar-refractivity contribution in [3.63, 3.8) is 0 Å². The second-order valence-corrected chi connectivity index (χ2v) is 4.71. The minimum Gasteiger partial charge on any atom is -0.496 e. The molecule has 2 aromatic rings. The van der Waals surface area contributed by atoms with Gasteiger partial charge in [0.05, 0.1) is 18.4 Å². The van der Waals surface area contributed by atoms with Crippen LogP contribution in [0.25, 0.3) is 0 Å². The summed E-state index contributed by atoms with van der Waals surface area (Å²) in [5, 5.41) is 4.15. The van der Waals surface area contributed by atoms with E-state index < -0.39 is 0 Å². The van der Waals surface area contributed by atoms with Gasteiger partial charge in [-0.2, -0.15) is 5.10 Å². The molecular formula is C17H18N2O2. The second kappa shape index (κ2) is 6.70. The average Bonchev–Trinajstić information content (AvgIpc) is 2.52. The lowest BCUT2D eigenvalue weighted by molar-refractivity contribution is 0.0952. The number of hydrazone groups is 1. The van der Waals surface area contributed by atoms with Crippen molar-refractivity contribution >= 4 is 11.6 Å². The van der Waals surface area contributed by atoms with Crippen LogP contribution in [0.3, 0.4) is 0 Å². The number of carbonyl (C=O) groups is 1. The quantitative estimate of drug-likeness (QED) is 0.691. The Bertz CT molecular complexity index is 678. The van der Waals surface area contributed by atoms with E-state index in [9.17, 15) is 4.79 Å². The number of hydrogen-bond acceptors (Lipinski definition) is 3. The number of aryl methyl sites for hydroxylation is 1. The molecule has 21 heavy (non-hydrogen) atoms. The minimum atomic E-state index is -0.292. The third-order valence-corrected chi connectivity index (χ3v) is 3.11. The number of amides is 1. The first kappa shape index (κ1) is 14.8. The van der Waals surface area contributed by atoms with Gasteiger partial charge in [-0.25, -0.2) is 5.43 Å². The van der Waals surface area contributed by atoms with Gasteiger partial charge < -0.3 is 4.74 Å². The van der Waals surface area contributed by atoms with Crippen molar-refractivity contribution in [3.05, 3.63) is 65.2 Å². The molecule has 0 saturated heterocycles. The van der Waals surface area contributed by atoms with Crippen LogP contribution in [-0.2, 0) is 0 Å². The van der Waals surface area contributed by atoms with E-state index in [1.807, 2.05) is 44.2 Å². The van der Waals surface area contributed by atoms with Crippen LogP contribution in [0.15, 0.2) is 53.6 Å². The summed E-state index contributed by atoms with van der Waals surface area (Å²) < 4.78 is 5.16. The number of carbonyl (C=O) groups excluding carboxylic acids is 1. The predicted molar refractivity (Wildman–Crippen MR) is 83.9 cm³/mol. The number of methoxy groups -OCH3 is 1. The zero-order chi connectivity index (χ0) is 15.2. The number of nitrogens with one attached hydrogen (secondary N) is 1. The molecule has 0 aliphatic carbocycles. The van der Waals surface area contributed by atoms with E-state index in [0.717, 1.165) is 16.8 Å². The van der Waals surface area contributed by atoms with Crippen molar-refractivity contribution in [2.45, 2.75) is 13.8 Å². The Morgan fingerprint density at radius 1 is 1.14 bits per heavy atom. The molecule has 0 aliphatic rings. The molecule has 0 spiro atoms. The fourth-order valence-corrected chi connectivity index (χ4v) is 1.96. The molecule has 1 amide bonds. The molecule has 1 N–H and O–H groups in total. The largest absolute Gasteiger partial charge is 0.496 e. The highest BCUT2D eigenvalue weighted by molar-refractivity contribution is 6.01. The maximum atomic E-state index is 12.1. The Hall–Kier alpha value is -2.62. The van der Waals surface area contributed by atoms with Gasteiger partial charge >= 0.3 is 0 Å². The minimum absolute atomic E-state index is 0.292. The van der Waals surface area contributed by atoms with Crippen LogP contribution in [0.2, 0.25) is 0 Å². The highest BCUT2D eigenvalue weighted by Gasteiger charge is 2.10. The van der Waals surface area contributed by atoms with Crippen LogP contribution in [0.4, 0.5) is 0 Å². The van der Waals surface area contributed by atoms with Crippen LogP contribution in [-0.4, -0.2) is 18.7 Å². The molecule has 2 aromatic carbocycles. The zero-order valence-electron chi connectivity index (χ0n) is 12.4. The number of hydrogen-bond donors (Lipinski definition) is 1. The first-order valence-corrected chi connectivity index (χ1v) is 6.66. The fourth-order valence-electron chi connectivity index (χ4n) is 1.96. The maximum Gasteiger partial charge on any atom is 0.275 e. The molecule has 0 heterocycles. The molecular weight excluding hydrogens is 264 g/mol. The van der Waals surface area contributed by atoms with Crippen LogP contribution in [0, 0.1) is 6.92 Å². The molecule has 108 valence electrons. The molecule has 4 nitrogen and oxygen atoms in total. The number of ether oxygens (including phenoxy) is 1. The Balaban J connectivity index is 2.15. The lowest BCUT2D eigenvalue weighted by Gasteiger charge is -2.07. The molecule has 2 rings (SSSR count). The molecule has 0 aliphatic heterocycles. The molecule has 4 heteroatoms. The van der Waals surface area contributed by atoms with Gasteiger partial charge in [0.25, 0.3) is 5.91 Å². The topological polar surface area (TPSA) is 50.7 Å². The molecule has 0 saturated carbocycles. The van der Waals surface area contributed by atoms with Gasteiger partial charge in [0.1, 0.15) is 5.75 Å². The lowest BCUT2D eigenvalue weighted by Crippen LogP contribution is -2.20.